The predicted octanol–water partition coefficient (Wildman–Crippen LogP) is 4.07. The summed E-state index contributed by atoms with van der Waals surface area (Å²) in [5.74, 6) is 0.189. The number of benzene rings is 1. The summed E-state index contributed by atoms with van der Waals surface area (Å²) in [7, 11) is 0. The molecule has 1 N–H and O–H groups in total. The lowest BCUT2D eigenvalue weighted by Crippen LogP contribution is -2.40. The van der Waals surface area contributed by atoms with Crippen LogP contribution in [0.2, 0.25) is 5.02 Å². The molecule has 1 fully saturated rings. The molecule has 0 radical (unpaired) electrons. The Morgan fingerprint density at radius 2 is 2.14 bits per heavy atom. The maximum atomic E-state index is 12.3. The first-order valence-electron chi connectivity index (χ1n) is 9.17. The molecule has 4 rings (SSSR count). The number of hydrogen-bond acceptors (Lipinski definition) is 6. The molecule has 28 heavy (non-hydrogen) atoms. The second-order valence-corrected chi connectivity index (χ2v) is 8.09. The van der Waals surface area contributed by atoms with Crippen molar-refractivity contribution in [3.05, 3.63) is 59.0 Å². The Hall–Kier alpha value is -2.35. The Balaban J connectivity index is 1.48. The summed E-state index contributed by atoms with van der Waals surface area (Å²) in [5.41, 5.74) is 2.80. The van der Waals surface area contributed by atoms with Gasteiger partial charge in [-0.25, -0.2) is 4.98 Å². The van der Waals surface area contributed by atoms with E-state index in [2.05, 4.69) is 25.2 Å². The lowest BCUT2D eigenvalue weighted by atomic mass is 9.91. The predicted molar refractivity (Wildman–Crippen MR) is 112 cm³/mol. The van der Waals surface area contributed by atoms with E-state index in [4.69, 9.17) is 11.6 Å². The molecule has 3 heterocycles. The molecule has 1 aliphatic rings. The number of halogens is 1. The van der Waals surface area contributed by atoms with E-state index in [1.165, 1.54) is 11.3 Å². The lowest BCUT2D eigenvalue weighted by Gasteiger charge is -2.32. The Labute approximate surface area is 172 Å². The standard InChI is InChI=1S/C20H20ClN5OS/c21-16-5-1-3-14(11-16)18-19(23-7-6-22-18)15-4-2-9-26(12-15)13-17(27)25-20-24-8-10-28-20/h1,3,5-8,10-11,15H,2,4,9,12-13H2,(H,24,25,27). The summed E-state index contributed by atoms with van der Waals surface area (Å²) < 4.78 is 0. The molecule has 1 aromatic carbocycles. The van der Waals surface area contributed by atoms with Gasteiger partial charge in [-0.2, -0.15) is 0 Å². The Bertz CT molecular complexity index is 949. The number of amides is 1. The number of nitrogens with zero attached hydrogens (tertiary/aromatic N) is 4. The van der Waals surface area contributed by atoms with Crippen molar-refractivity contribution in [3.8, 4) is 11.3 Å². The first-order valence-corrected chi connectivity index (χ1v) is 10.4. The molecule has 0 saturated carbocycles. The van der Waals surface area contributed by atoms with Crippen LogP contribution in [0.5, 0.6) is 0 Å². The smallest absolute Gasteiger partial charge is 0.240 e. The van der Waals surface area contributed by atoms with Crippen LogP contribution in [-0.2, 0) is 4.79 Å². The van der Waals surface area contributed by atoms with E-state index < -0.39 is 0 Å². The summed E-state index contributed by atoms with van der Waals surface area (Å²) >= 11 is 7.59. The van der Waals surface area contributed by atoms with Gasteiger partial charge in [0, 0.05) is 47.0 Å². The van der Waals surface area contributed by atoms with Crippen molar-refractivity contribution in [3.63, 3.8) is 0 Å². The highest BCUT2D eigenvalue weighted by Crippen LogP contribution is 2.32. The summed E-state index contributed by atoms with van der Waals surface area (Å²) in [6.07, 6.45) is 7.17. The van der Waals surface area contributed by atoms with Crippen LogP contribution in [-0.4, -0.2) is 45.4 Å². The first kappa shape index (κ1) is 19.0. The number of hydrogen-bond donors (Lipinski definition) is 1. The minimum Gasteiger partial charge on any atom is -0.301 e. The molecule has 3 aromatic rings. The van der Waals surface area contributed by atoms with E-state index in [1.54, 1.807) is 18.6 Å². The molecule has 1 atom stereocenters. The van der Waals surface area contributed by atoms with Crippen molar-refractivity contribution in [1.29, 1.82) is 0 Å². The van der Waals surface area contributed by atoms with Crippen LogP contribution in [0.4, 0.5) is 5.13 Å². The van der Waals surface area contributed by atoms with Gasteiger partial charge in [0.05, 0.1) is 17.9 Å². The van der Waals surface area contributed by atoms with Gasteiger partial charge >= 0.3 is 0 Å². The third-order valence-corrected chi connectivity index (χ3v) is 5.69. The van der Waals surface area contributed by atoms with E-state index in [9.17, 15) is 4.79 Å². The SMILES string of the molecule is O=C(CN1CCCC(c2nccnc2-c2cccc(Cl)c2)C1)Nc1nccs1. The number of aromatic nitrogens is 3. The molecule has 144 valence electrons. The van der Waals surface area contributed by atoms with Gasteiger partial charge < -0.3 is 5.32 Å². The van der Waals surface area contributed by atoms with Crippen LogP contribution in [0, 0.1) is 0 Å². The number of nitrogens with one attached hydrogen (secondary N) is 1. The second-order valence-electron chi connectivity index (χ2n) is 6.76. The van der Waals surface area contributed by atoms with Crippen molar-refractivity contribution in [2.75, 3.05) is 25.0 Å². The van der Waals surface area contributed by atoms with E-state index in [0.29, 0.717) is 16.7 Å². The van der Waals surface area contributed by atoms with Crippen molar-refractivity contribution < 1.29 is 4.79 Å². The molecule has 0 bridgehead atoms. The van der Waals surface area contributed by atoms with Gasteiger partial charge in [-0.1, -0.05) is 23.7 Å². The van der Waals surface area contributed by atoms with Gasteiger partial charge in [0.2, 0.25) is 5.91 Å². The number of piperidine rings is 1. The zero-order chi connectivity index (χ0) is 19.3. The van der Waals surface area contributed by atoms with Gasteiger partial charge in [-0.05, 0) is 31.5 Å². The summed E-state index contributed by atoms with van der Waals surface area (Å²) in [5, 5.41) is 6.01. The van der Waals surface area contributed by atoms with E-state index in [0.717, 1.165) is 42.9 Å². The fourth-order valence-electron chi connectivity index (χ4n) is 3.58. The highest BCUT2D eigenvalue weighted by molar-refractivity contribution is 7.13. The average molecular weight is 414 g/mol. The zero-order valence-corrected chi connectivity index (χ0v) is 16.8. The fraction of sp³-hybridized carbons (Fsp3) is 0.300. The Morgan fingerprint density at radius 1 is 1.25 bits per heavy atom. The van der Waals surface area contributed by atoms with Crippen LogP contribution in [0.15, 0.2) is 48.2 Å². The van der Waals surface area contributed by atoms with Crippen molar-refractivity contribution in [1.82, 2.24) is 19.9 Å². The second kappa shape index (κ2) is 8.77. The quantitative estimate of drug-likeness (QED) is 0.682. The molecule has 0 aliphatic carbocycles. The maximum Gasteiger partial charge on any atom is 0.240 e. The molecule has 1 aliphatic heterocycles. The summed E-state index contributed by atoms with van der Waals surface area (Å²) in [4.78, 5) is 27.8. The summed E-state index contributed by atoms with van der Waals surface area (Å²) in [6, 6.07) is 7.69. The number of carbonyl (C=O) groups excluding carboxylic acids is 1. The van der Waals surface area contributed by atoms with Gasteiger partial charge in [0.15, 0.2) is 5.13 Å². The molecular weight excluding hydrogens is 394 g/mol. The normalized spacial score (nSPS) is 17.4. The topological polar surface area (TPSA) is 71.0 Å². The molecule has 2 aromatic heterocycles. The Morgan fingerprint density at radius 3 is 2.96 bits per heavy atom. The Kier molecular flexibility index (Phi) is 5.95. The van der Waals surface area contributed by atoms with Crippen LogP contribution in [0.1, 0.15) is 24.5 Å². The number of likely N-dealkylation sites (tertiary alicyclic amines) is 1. The van der Waals surface area contributed by atoms with E-state index >= 15 is 0 Å². The fourth-order valence-corrected chi connectivity index (χ4v) is 4.31. The van der Waals surface area contributed by atoms with E-state index in [-0.39, 0.29) is 11.8 Å². The van der Waals surface area contributed by atoms with Gasteiger partial charge in [0.1, 0.15) is 0 Å². The van der Waals surface area contributed by atoms with Gasteiger partial charge in [-0.15, -0.1) is 11.3 Å². The third-order valence-electron chi connectivity index (χ3n) is 4.76. The first-order chi connectivity index (χ1) is 13.7. The maximum absolute atomic E-state index is 12.3. The molecule has 1 saturated heterocycles. The highest BCUT2D eigenvalue weighted by atomic mass is 35.5. The third kappa shape index (κ3) is 4.55. The molecule has 0 spiro atoms. The van der Waals surface area contributed by atoms with Gasteiger partial charge in [0.25, 0.3) is 0 Å². The lowest BCUT2D eigenvalue weighted by molar-refractivity contribution is -0.117. The van der Waals surface area contributed by atoms with Crippen LogP contribution >= 0.6 is 22.9 Å². The zero-order valence-electron chi connectivity index (χ0n) is 15.2. The minimum absolute atomic E-state index is 0.0372. The summed E-state index contributed by atoms with van der Waals surface area (Å²) in [6.45, 7) is 2.02. The van der Waals surface area contributed by atoms with Crippen LogP contribution in [0.3, 0.4) is 0 Å². The van der Waals surface area contributed by atoms with Crippen LogP contribution in [0.25, 0.3) is 11.3 Å². The van der Waals surface area contributed by atoms with Crippen LogP contribution < -0.4 is 5.32 Å². The molecule has 1 amide bonds. The highest BCUT2D eigenvalue weighted by Gasteiger charge is 2.26. The monoisotopic (exact) mass is 413 g/mol. The van der Waals surface area contributed by atoms with Gasteiger partial charge in [-0.3, -0.25) is 19.7 Å². The molecule has 6 nitrogen and oxygen atoms in total. The molecule has 8 heteroatoms. The van der Waals surface area contributed by atoms with Crippen molar-refractivity contribution >= 4 is 34.0 Å². The molecule has 1 unspecified atom stereocenters. The van der Waals surface area contributed by atoms with Crippen molar-refractivity contribution in [2.45, 2.75) is 18.8 Å². The van der Waals surface area contributed by atoms with Crippen molar-refractivity contribution in [2.24, 2.45) is 0 Å². The average Bonchev–Trinajstić information content (AvgIpc) is 3.21. The molecular formula is C20H20ClN5OS. The largest absolute Gasteiger partial charge is 0.301 e. The van der Waals surface area contributed by atoms with E-state index in [1.807, 2.05) is 29.6 Å². The number of anilines is 1. The minimum atomic E-state index is -0.0372. The number of rotatable bonds is 5. The number of carbonyl (C=O) groups is 1. The number of thiazole rings is 1.